The van der Waals surface area contributed by atoms with Crippen LogP contribution in [0.4, 0.5) is 0 Å². The number of methoxy groups -OCH3 is 1. The molecule has 2 atom stereocenters. The molecule has 0 aromatic heterocycles. The summed E-state index contributed by atoms with van der Waals surface area (Å²) in [5.41, 5.74) is -0.203. The number of aliphatic carboxylic acids is 1. The Balaban J connectivity index is 0. The van der Waals surface area contributed by atoms with E-state index in [1.54, 1.807) is 7.11 Å². The van der Waals surface area contributed by atoms with E-state index < -0.39 is 11.9 Å². The number of hydrogen-bond donors (Lipinski definition) is 3. The van der Waals surface area contributed by atoms with Gasteiger partial charge < -0.3 is 72.6 Å². The Morgan fingerprint density at radius 3 is 1.08 bits per heavy atom. The number of carbonyl (C=O) groups excluding carboxylic acids is 2. The second-order valence-electron chi connectivity index (χ2n) is 17.3. The van der Waals surface area contributed by atoms with Crippen LogP contribution in [0.5, 0.6) is 0 Å². The number of carboxylic acid groups (broad SMARTS) is 1. The van der Waals surface area contributed by atoms with Gasteiger partial charge in [-0.25, -0.2) is 0 Å². The SMILES string of the molecule is C.COCCOCCOCCOCCOCCOCCOCCOCCOCCOCCOCCOCCC(=O)NCCCC[C@H](CC(C)(C)C)C(=O)NC[C@H](CC(C)(C)C)C(=O)O. The minimum absolute atomic E-state index is 0. The second-order valence-corrected chi connectivity index (χ2v) is 17.3. The van der Waals surface area contributed by atoms with Gasteiger partial charge in [0.1, 0.15) is 0 Å². The number of ether oxygens (including phenoxy) is 12. The Hall–Kier alpha value is -2.07. The summed E-state index contributed by atoms with van der Waals surface area (Å²) in [6.07, 6.45) is 3.63. The highest BCUT2D eigenvalue weighted by atomic mass is 16.6. The first-order valence-corrected chi connectivity index (χ1v) is 22.9. The predicted molar refractivity (Wildman–Crippen MR) is 245 cm³/mol. The lowest BCUT2D eigenvalue weighted by atomic mass is 9.81. The molecule has 3 N–H and O–H groups in total. The minimum Gasteiger partial charge on any atom is -0.481 e. The average molecular weight is 929 g/mol. The fraction of sp³-hybridized carbons (Fsp3) is 0.935. The molecule has 0 heterocycles. The van der Waals surface area contributed by atoms with Gasteiger partial charge in [-0.05, 0) is 36.5 Å². The highest BCUT2D eigenvalue weighted by molar-refractivity contribution is 5.79. The fourth-order valence-electron chi connectivity index (χ4n) is 5.86. The van der Waals surface area contributed by atoms with Crippen molar-refractivity contribution in [3.05, 3.63) is 0 Å². The Morgan fingerprint density at radius 1 is 0.453 bits per heavy atom. The van der Waals surface area contributed by atoms with E-state index in [-0.39, 0.29) is 49.0 Å². The number of nitrogens with one attached hydrogen (secondary N) is 2. The third-order valence-corrected chi connectivity index (χ3v) is 8.89. The number of hydrogen-bond acceptors (Lipinski definition) is 15. The van der Waals surface area contributed by atoms with Crippen LogP contribution in [0.2, 0.25) is 0 Å². The quantitative estimate of drug-likeness (QED) is 0.0722. The van der Waals surface area contributed by atoms with Crippen molar-refractivity contribution in [1.29, 1.82) is 0 Å². The van der Waals surface area contributed by atoms with Crippen molar-refractivity contribution in [2.45, 2.75) is 87.5 Å². The van der Waals surface area contributed by atoms with E-state index in [2.05, 4.69) is 31.4 Å². The molecular formula is C46H92N2O16. The number of rotatable bonds is 47. The summed E-state index contributed by atoms with van der Waals surface area (Å²) in [7, 11) is 1.64. The molecule has 382 valence electrons. The summed E-state index contributed by atoms with van der Waals surface area (Å²) in [4.78, 5) is 37.0. The molecule has 0 aliphatic heterocycles. The zero-order chi connectivity index (χ0) is 46.7. The summed E-state index contributed by atoms with van der Waals surface area (Å²) >= 11 is 0. The third kappa shape index (κ3) is 47.9. The van der Waals surface area contributed by atoms with Crippen molar-refractivity contribution in [2.24, 2.45) is 22.7 Å². The summed E-state index contributed by atoms with van der Waals surface area (Å²) in [5, 5.41) is 15.4. The molecule has 64 heavy (non-hydrogen) atoms. The van der Waals surface area contributed by atoms with Crippen LogP contribution in [0.25, 0.3) is 0 Å². The molecular weight excluding hydrogens is 837 g/mol. The molecule has 0 aliphatic carbocycles. The van der Waals surface area contributed by atoms with E-state index in [4.69, 9.17) is 56.8 Å². The lowest BCUT2D eigenvalue weighted by Gasteiger charge is -2.27. The van der Waals surface area contributed by atoms with Gasteiger partial charge in [0.15, 0.2) is 0 Å². The van der Waals surface area contributed by atoms with Gasteiger partial charge >= 0.3 is 5.97 Å². The third-order valence-electron chi connectivity index (χ3n) is 8.89. The fourth-order valence-corrected chi connectivity index (χ4v) is 5.86. The molecule has 0 bridgehead atoms. The largest absolute Gasteiger partial charge is 0.481 e. The second kappa shape index (κ2) is 44.7. The van der Waals surface area contributed by atoms with Crippen molar-refractivity contribution >= 4 is 17.8 Å². The van der Waals surface area contributed by atoms with Gasteiger partial charge in [0.25, 0.3) is 0 Å². The smallest absolute Gasteiger partial charge is 0.308 e. The maximum atomic E-state index is 13.1. The molecule has 18 heteroatoms. The molecule has 0 aromatic rings. The molecule has 0 spiro atoms. The van der Waals surface area contributed by atoms with E-state index in [0.29, 0.717) is 178 Å². The Bertz CT molecular complexity index is 1060. The van der Waals surface area contributed by atoms with Crippen LogP contribution in [0.3, 0.4) is 0 Å². The molecule has 0 unspecified atom stereocenters. The van der Waals surface area contributed by atoms with Crippen LogP contribution in [-0.4, -0.2) is 195 Å². The summed E-state index contributed by atoms with van der Waals surface area (Å²) in [6, 6.07) is 0. The first-order valence-electron chi connectivity index (χ1n) is 22.9. The normalized spacial score (nSPS) is 12.8. The number of amides is 2. The first kappa shape index (κ1) is 64.0. The lowest BCUT2D eigenvalue weighted by molar-refractivity contribution is -0.143. The standard InChI is InChI=1S/C45H88N2O16.CH4/c1-44(2,3)36-39(42(49)47-38-40(43(50)51)37-45(4,5)6)10-8-9-12-46-41(48)11-13-53-16-17-55-20-21-57-24-25-59-28-29-61-32-33-63-35-34-62-31-30-60-27-26-58-23-22-56-19-18-54-15-14-52-7;/h39-40H,8-38H2,1-7H3,(H,46,48)(H,47,49)(H,50,51);1H4/t39-,40+;/m1./s1. The monoisotopic (exact) mass is 929 g/mol. The van der Waals surface area contributed by atoms with Crippen LogP contribution < -0.4 is 10.6 Å². The van der Waals surface area contributed by atoms with E-state index in [1.165, 1.54) is 0 Å². The van der Waals surface area contributed by atoms with E-state index in [1.807, 2.05) is 20.8 Å². The summed E-state index contributed by atoms with van der Waals surface area (Å²) in [5.74, 6) is -1.92. The summed E-state index contributed by atoms with van der Waals surface area (Å²) < 4.78 is 65.1. The number of carbonyl (C=O) groups is 3. The van der Waals surface area contributed by atoms with Crippen LogP contribution in [0, 0.1) is 22.7 Å². The molecule has 0 saturated carbocycles. The Labute approximate surface area is 386 Å². The van der Waals surface area contributed by atoms with Crippen LogP contribution in [-0.2, 0) is 71.2 Å². The Morgan fingerprint density at radius 2 is 0.766 bits per heavy atom. The molecule has 18 nitrogen and oxygen atoms in total. The zero-order valence-corrected chi connectivity index (χ0v) is 40.1. The van der Waals surface area contributed by atoms with Gasteiger partial charge in [0.05, 0.1) is 158 Å². The van der Waals surface area contributed by atoms with Crippen molar-refractivity contribution < 1.29 is 76.3 Å². The number of carboxylic acids is 1. The van der Waals surface area contributed by atoms with Crippen molar-refractivity contribution in [3.8, 4) is 0 Å². The van der Waals surface area contributed by atoms with Crippen molar-refractivity contribution in [3.63, 3.8) is 0 Å². The maximum absolute atomic E-state index is 13.1. The minimum atomic E-state index is -0.892. The highest BCUT2D eigenvalue weighted by Crippen LogP contribution is 2.28. The van der Waals surface area contributed by atoms with Crippen LogP contribution in [0.15, 0.2) is 0 Å². The molecule has 0 rings (SSSR count). The lowest BCUT2D eigenvalue weighted by Crippen LogP contribution is -2.39. The molecule has 0 aromatic carbocycles. The predicted octanol–water partition coefficient (Wildman–Crippen LogP) is 4.43. The first-order chi connectivity index (χ1) is 30.2. The molecule has 0 radical (unpaired) electrons. The molecule has 0 aliphatic rings. The van der Waals surface area contributed by atoms with Crippen molar-refractivity contribution in [1.82, 2.24) is 10.6 Å². The van der Waals surface area contributed by atoms with E-state index >= 15 is 0 Å². The zero-order valence-electron chi connectivity index (χ0n) is 40.1. The van der Waals surface area contributed by atoms with Gasteiger partial charge in [-0.15, -0.1) is 0 Å². The number of unbranched alkanes of at least 4 members (excludes halogenated alkanes) is 1. The van der Waals surface area contributed by atoms with Gasteiger partial charge in [0.2, 0.25) is 11.8 Å². The maximum Gasteiger partial charge on any atom is 0.308 e. The van der Waals surface area contributed by atoms with E-state index in [9.17, 15) is 19.5 Å². The van der Waals surface area contributed by atoms with Gasteiger partial charge in [-0.2, -0.15) is 0 Å². The summed E-state index contributed by atoms with van der Waals surface area (Å²) in [6.45, 7) is 24.0. The van der Waals surface area contributed by atoms with Crippen LogP contribution >= 0.6 is 0 Å². The van der Waals surface area contributed by atoms with E-state index in [0.717, 1.165) is 12.8 Å². The average Bonchev–Trinajstić information content (AvgIpc) is 3.22. The molecule has 2 amide bonds. The van der Waals surface area contributed by atoms with Gasteiger partial charge in [-0.3, -0.25) is 14.4 Å². The molecule has 0 fully saturated rings. The van der Waals surface area contributed by atoms with Gasteiger partial charge in [0, 0.05) is 32.5 Å². The van der Waals surface area contributed by atoms with Crippen molar-refractivity contribution in [2.75, 3.05) is 172 Å². The Kier molecular flexibility index (Phi) is 44.8. The molecule has 0 saturated heterocycles. The van der Waals surface area contributed by atoms with Gasteiger partial charge in [-0.1, -0.05) is 55.4 Å². The topological polar surface area (TPSA) is 206 Å². The highest BCUT2D eigenvalue weighted by Gasteiger charge is 2.28. The van der Waals surface area contributed by atoms with Crippen LogP contribution in [0.1, 0.15) is 87.5 Å².